The Morgan fingerprint density at radius 2 is 1.85 bits per heavy atom. The van der Waals surface area contributed by atoms with Gasteiger partial charge >= 0.3 is 6.09 Å². The molecular weight excluding hydrogens is 485 g/mol. The molecule has 0 spiro atoms. The highest BCUT2D eigenvalue weighted by Crippen LogP contribution is 2.46. The lowest BCUT2D eigenvalue weighted by atomic mass is 10.0. The Balaban J connectivity index is 1.63. The van der Waals surface area contributed by atoms with E-state index in [4.69, 9.17) is 38.4 Å². The molecular formula is C22H21Cl2N5O5. The molecule has 1 saturated heterocycles. The molecule has 2 heterocycles. The van der Waals surface area contributed by atoms with Gasteiger partial charge in [-0.1, -0.05) is 29.3 Å². The number of nitrogens with two attached hydrogens (primary N) is 1. The highest BCUT2D eigenvalue weighted by Gasteiger charge is 2.39. The summed E-state index contributed by atoms with van der Waals surface area (Å²) in [7, 11) is 3.01. The standard InChI is InChI=1S/C22H21Cl2N5O5/c1-33-15-7-16(34-2)19(24)17(18(15)23)10-3-4-13-11(5-10)8-26-21(28-13)27-12-6-14(20(25)30)29(9-12)22(31)32/h3-5,7-8,12,14H,6,9H2,1-2H3,(H2,25,30)(H,31,32)(H,26,27,28)/t12-,14-/m0/s1. The number of ether oxygens (including phenoxy) is 2. The fraction of sp³-hybridized carbons (Fsp3) is 0.273. The number of benzene rings is 2. The fourth-order valence-electron chi connectivity index (χ4n) is 4.00. The minimum absolute atomic E-state index is 0.0952. The molecule has 2 atom stereocenters. The van der Waals surface area contributed by atoms with Gasteiger partial charge in [0, 0.05) is 35.8 Å². The van der Waals surface area contributed by atoms with Gasteiger partial charge in [-0.25, -0.2) is 14.8 Å². The summed E-state index contributed by atoms with van der Waals surface area (Å²) in [6.07, 6.45) is 0.658. The Morgan fingerprint density at radius 1 is 1.18 bits per heavy atom. The number of nitrogens with one attached hydrogen (secondary N) is 1. The van der Waals surface area contributed by atoms with Crippen molar-refractivity contribution in [2.45, 2.75) is 18.5 Å². The molecule has 0 bridgehead atoms. The highest BCUT2D eigenvalue weighted by molar-refractivity contribution is 6.41. The second-order valence-electron chi connectivity index (χ2n) is 7.68. The minimum Gasteiger partial charge on any atom is -0.495 e. The molecule has 3 aromatic rings. The van der Waals surface area contributed by atoms with Gasteiger partial charge in [0.1, 0.15) is 17.5 Å². The van der Waals surface area contributed by atoms with E-state index in [9.17, 15) is 14.7 Å². The van der Waals surface area contributed by atoms with Crippen molar-refractivity contribution in [2.24, 2.45) is 5.73 Å². The molecule has 0 saturated carbocycles. The Morgan fingerprint density at radius 3 is 2.41 bits per heavy atom. The number of anilines is 1. The number of carbonyl (C=O) groups is 2. The predicted octanol–water partition coefficient (Wildman–Crippen LogP) is 3.64. The molecule has 1 fully saturated rings. The third kappa shape index (κ3) is 4.34. The predicted molar refractivity (Wildman–Crippen MR) is 128 cm³/mol. The van der Waals surface area contributed by atoms with E-state index in [0.29, 0.717) is 38.6 Å². The third-order valence-electron chi connectivity index (χ3n) is 5.65. The number of hydrogen-bond acceptors (Lipinski definition) is 7. The van der Waals surface area contributed by atoms with Crippen LogP contribution in [-0.4, -0.2) is 64.8 Å². The van der Waals surface area contributed by atoms with Gasteiger partial charge in [0.2, 0.25) is 11.9 Å². The number of carbonyl (C=O) groups excluding carboxylic acids is 1. The Bertz CT molecular complexity index is 1240. The third-order valence-corrected chi connectivity index (χ3v) is 6.40. The van der Waals surface area contributed by atoms with Gasteiger partial charge in [-0.15, -0.1) is 0 Å². The van der Waals surface area contributed by atoms with Crippen LogP contribution in [0.4, 0.5) is 10.7 Å². The van der Waals surface area contributed by atoms with E-state index in [0.717, 1.165) is 15.8 Å². The van der Waals surface area contributed by atoms with Gasteiger partial charge in [-0.05, 0) is 24.1 Å². The summed E-state index contributed by atoms with van der Waals surface area (Å²) in [5.41, 5.74) is 7.26. The summed E-state index contributed by atoms with van der Waals surface area (Å²) in [6, 6.07) is 5.82. The fourth-order valence-corrected chi connectivity index (χ4v) is 4.72. The van der Waals surface area contributed by atoms with Crippen LogP contribution in [-0.2, 0) is 4.79 Å². The maximum absolute atomic E-state index is 11.6. The number of hydrogen-bond donors (Lipinski definition) is 3. The molecule has 12 heteroatoms. The molecule has 2 aromatic carbocycles. The zero-order chi connectivity index (χ0) is 24.6. The van der Waals surface area contributed by atoms with E-state index < -0.39 is 18.0 Å². The molecule has 1 aliphatic heterocycles. The zero-order valence-electron chi connectivity index (χ0n) is 18.2. The smallest absolute Gasteiger partial charge is 0.408 e. The number of amides is 2. The number of fused-ring (bicyclic) bond motifs is 1. The number of likely N-dealkylation sites (tertiary alicyclic amines) is 1. The normalized spacial score (nSPS) is 17.6. The summed E-state index contributed by atoms with van der Waals surface area (Å²) in [5.74, 6) is 0.468. The first-order valence-electron chi connectivity index (χ1n) is 10.2. The van der Waals surface area contributed by atoms with Crippen LogP contribution in [0.5, 0.6) is 11.5 Å². The van der Waals surface area contributed by atoms with Crippen molar-refractivity contribution in [3.8, 4) is 22.6 Å². The molecule has 178 valence electrons. The summed E-state index contributed by atoms with van der Waals surface area (Å²) < 4.78 is 10.7. The monoisotopic (exact) mass is 505 g/mol. The van der Waals surface area contributed by atoms with Crippen LogP contribution in [0.3, 0.4) is 0 Å². The van der Waals surface area contributed by atoms with E-state index in [2.05, 4.69) is 15.3 Å². The van der Waals surface area contributed by atoms with E-state index >= 15 is 0 Å². The molecule has 1 aromatic heterocycles. The van der Waals surface area contributed by atoms with Gasteiger partial charge in [0.05, 0.1) is 29.8 Å². The zero-order valence-corrected chi connectivity index (χ0v) is 19.7. The topological polar surface area (TPSA) is 140 Å². The molecule has 34 heavy (non-hydrogen) atoms. The second-order valence-corrected chi connectivity index (χ2v) is 8.44. The molecule has 10 nitrogen and oxygen atoms in total. The minimum atomic E-state index is -1.20. The Kier molecular flexibility index (Phi) is 6.54. The Hall–Kier alpha value is -3.50. The van der Waals surface area contributed by atoms with Crippen LogP contribution in [0.15, 0.2) is 30.5 Å². The largest absolute Gasteiger partial charge is 0.495 e. The average Bonchev–Trinajstić information content (AvgIpc) is 3.24. The van der Waals surface area contributed by atoms with E-state index in [1.54, 1.807) is 18.3 Å². The summed E-state index contributed by atoms with van der Waals surface area (Å²) in [6.45, 7) is 0.0952. The lowest BCUT2D eigenvalue weighted by Gasteiger charge is -2.17. The van der Waals surface area contributed by atoms with E-state index in [1.165, 1.54) is 14.2 Å². The van der Waals surface area contributed by atoms with Crippen LogP contribution in [0.25, 0.3) is 22.0 Å². The van der Waals surface area contributed by atoms with Crippen molar-refractivity contribution in [1.29, 1.82) is 0 Å². The lowest BCUT2D eigenvalue weighted by Crippen LogP contribution is -2.43. The maximum atomic E-state index is 11.6. The molecule has 0 radical (unpaired) electrons. The highest BCUT2D eigenvalue weighted by atomic mass is 35.5. The van der Waals surface area contributed by atoms with Gasteiger partial charge in [0.25, 0.3) is 0 Å². The van der Waals surface area contributed by atoms with Crippen LogP contribution in [0.1, 0.15) is 6.42 Å². The van der Waals surface area contributed by atoms with Crippen molar-refractivity contribution in [1.82, 2.24) is 14.9 Å². The lowest BCUT2D eigenvalue weighted by molar-refractivity contribution is -0.121. The van der Waals surface area contributed by atoms with E-state index in [-0.39, 0.29) is 19.0 Å². The molecule has 4 rings (SSSR count). The first-order valence-corrected chi connectivity index (χ1v) is 10.9. The number of primary amides is 1. The van der Waals surface area contributed by atoms with E-state index in [1.807, 2.05) is 12.1 Å². The van der Waals surface area contributed by atoms with Crippen LogP contribution in [0.2, 0.25) is 10.0 Å². The van der Waals surface area contributed by atoms with Gasteiger partial charge < -0.3 is 25.6 Å². The molecule has 0 aliphatic carbocycles. The van der Waals surface area contributed by atoms with Crippen LogP contribution >= 0.6 is 23.2 Å². The molecule has 0 unspecified atom stereocenters. The second kappa shape index (κ2) is 9.40. The maximum Gasteiger partial charge on any atom is 0.408 e. The van der Waals surface area contributed by atoms with Crippen molar-refractivity contribution in [2.75, 3.05) is 26.1 Å². The molecule has 4 N–H and O–H groups in total. The Labute approximate surface area is 204 Å². The molecule has 2 amide bonds. The number of aromatic nitrogens is 2. The SMILES string of the molecule is COc1cc(OC)c(Cl)c(-c2ccc3nc(N[C@H]4C[C@@H](C(N)=O)N(C(=O)O)C4)ncc3c2)c1Cl. The van der Waals surface area contributed by atoms with Gasteiger partial charge in [-0.2, -0.15) is 0 Å². The average molecular weight is 506 g/mol. The van der Waals surface area contributed by atoms with Crippen LogP contribution < -0.4 is 20.5 Å². The van der Waals surface area contributed by atoms with Gasteiger partial charge in [0.15, 0.2) is 0 Å². The van der Waals surface area contributed by atoms with Crippen LogP contribution in [0, 0.1) is 0 Å². The molecule has 1 aliphatic rings. The quantitative estimate of drug-likeness (QED) is 0.461. The summed E-state index contributed by atoms with van der Waals surface area (Å²) in [5, 5.41) is 13.8. The van der Waals surface area contributed by atoms with Crippen molar-refractivity contribution >= 4 is 52.1 Å². The first kappa shape index (κ1) is 23.7. The van der Waals surface area contributed by atoms with Crippen molar-refractivity contribution in [3.05, 3.63) is 40.5 Å². The number of rotatable bonds is 6. The van der Waals surface area contributed by atoms with Crippen molar-refractivity contribution in [3.63, 3.8) is 0 Å². The van der Waals surface area contributed by atoms with Crippen molar-refractivity contribution < 1.29 is 24.2 Å². The van der Waals surface area contributed by atoms with Gasteiger partial charge in [-0.3, -0.25) is 9.69 Å². The first-order chi connectivity index (χ1) is 16.2. The number of halogens is 2. The summed E-state index contributed by atoms with van der Waals surface area (Å²) >= 11 is 13.1. The number of carboxylic acid groups (broad SMARTS) is 1. The summed E-state index contributed by atoms with van der Waals surface area (Å²) in [4.78, 5) is 32.8. The number of methoxy groups -OCH3 is 2. The number of nitrogens with zero attached hydrogens (tertiary/aromatic N) is 3.